The minimum atomic E-state index is -0.551. The lowest BCUT2D eigenvalue weighted by Gasteiger charge is -2.09. The highest BCUT2D eigenvalue weighted by Gasteiger charge is 2.15. The van der Waals surface area contributed by atoms with Crippen molar-refractivity contribution in [1.82, 2.24) is 4.98 Å². The van der Waals surface area contributed by atoms with Crippen molar-refractivity contribution in [1.29, 1.82) is 0 Å². The molecule has 0 saturated heterocycles. The van der Waals surface area contributed by atoms with E-state index in [1.54, 1.807) is 17.5 Å². The van der Waals surface area contributed by atoms with Gasteiger partial charge in [-0.3, -0.25) is 0 Å². The number of anilines is 1. The number of nitrogens with zero attached hydrogens (tertiary/aromatic N) is 1. The van der Waals surface area contributed by atoms with Crippen LogP contribution in [-0.4, -0.2) is 17.5 Å². The van der Waals surface area contributed by atoms with Crippen LogP contribution in [0.15, 0.2) is 69.7 Å². The second kappa shape index (κ2) is 7.66. The van der Waals surface area contributed by atoms with Gasteiger partial charge in [0, 0.05) is 28.9 Å². The molecule has 0 amide bonds. The van der Waals surface area contributed by atoms with Crippen molar-refractivity contribution >= 4 is 44.2 Å². The zero-order valence-electron chi connectivity index (χ0n) is 14.8. The minimum absolute atomic E-state index is 0.0537. The van der Waals surface area contributed by atoms with Crippen LogP contribution in [0.2, 0.25) is 0 Å². The molecule has 2 aromatic heterocycles. The number of ether oxygens (including phenoxy) is 1. The van der Waals surface area contributed by atoms with Gasteiger partial charge in [-0.25, -0.2) is 14.6 Å². The Morgan fingerprint density at radius 3 is 3.00 bits per heavy atom. The molecule has 4 rings (SSSR count). The number of carbonyl (C=O) groups excluding carboxylic acids is 1. The van der Waals surface area contributed by atoms with Gasteiger partial charge in [-0.15, -0.1) is 17.9 Å². The SMILES string of the molecule is C=CCNc1nc(C(=O)OCc2cc(=O)oc3ccc4ccccc4c23)cs1. The van der Waals surface area contributed by atoms with Gasteiger partial charge in [0.2, 0.25) is 0 Å². The fourth-order valence-corrected chi connectivity index (χ4v) is 3.65. The van der Waals surface area contributed by atoms with E-state index in [9.17, 15) is 9.59 Å². The summed E-state index contributed by atoms with van der Waals surface area (Å²) in [6, 6.07) is 12.8. The number of hydrogen-bond acceptors (Lipinski definition) is 7. The van der Waals surface area contributed by atoms with Gasteiger partial charge in [0.15, 0.2) is 10.8 Å². The van der Waals surface area contributed by atoms with Crippen molar-refractivity contribution in [3.63, 3.8) is 0 Å². The van der Waals surface area contributed by atoms with Crippen LogP contribution in [0.4, 0.5) is 5.13 Å². The first-order chi connectivity index (χ1) is 13.7. The number of thiazole rings is 1. The Morgan fingerprint density at radius 1 is 1.29 bits per heavy atom. The highest BCUT2D eigenvalue weighted by Crippen LogP contribution is 2.28. The van der Waals surface area contributed by atoms with Crippen LogP contribution in [0.3, 0.4) is 0 Å². The number of hydrogen-bond donors (Lipinski definition) is 1. The average Bonchev–Trinajstić information content (AvgIpc) is 3.18. The molecule has 0 saturated carbocycles. The van der Waals surface area contributed by atoms with E-state index in [1.807, 2.05) is 30.3 Å². The predicted octanol–water partition coefficient (Wildman–Crippen LogP) is 4.36. The number of esters is 1. The normalized spacial score (nSPS) is 10.9. The van der Waals surface area contributed by atoms with Crippen LogP contribution in [0, 0.1) is 0 Å². The van der Waals surface area contributed by atoms with Crippen LogP contribution in [0.5, 0.6) is 0 Å². The zero-order valence-corrected chi connectivity index (χ0v) is 15.6. The molecule has 0 bridgehead atoms. The third kappa shape index (κ3) is 3.52. The molecule has 0 aliphatic heterocycles. The minimum Gasteiger partial charge on any atom is -0.456 e. The summed E-state index contributed by atoms with van der Waals surface area (Å²) in [5.41, 5.74) is 0.783. The van der Waals surface area contributed by atoms with E-state index >= 15 is 0 Å². The zero-order chi connectivity index (χ0) is 19.5. The highest BCUT2D eigenvalue weighted by atomic mass is 32.1. The molecule has 0 aliphatic carbocycles. The predicted molar refractivity (Wildman–Crippen MR) is 110 cm³/mol. The first-order valence-electron chi connectivity index (χ1n) is 8.57. The standard InChI is InChI=1S/C21H16N2O4S/c1-2-9-22-21-23-16(12-28-21)20(25)26-11-14-10-18(24)27-17-8-7-13-5-3-4-6-15(13)19(14)17/h2-8,10,12H,1,9,11H2,(H,22,23). The van der Waals surface area contributed by atoms with Crippen molar-refractivity contribution in [2.24, 2.45) is 0 Å². The monoisotopic (exact) mass is 392 g/mol. The summed E-state index contributed by atoms with van der Waals surface area (Å²) in [4.78, 5) is 28.5. The fourth-order valence-electron chi connectivity index (χ4n) is 2.96. The van der Waals surface area contributed by atoms with Crippen molar-refractivity contribution in [3.05, 3.63) is 82.2 Å². The van der Waals surface area contributed by atoms with E-state index in [0.717, 1.165) is 16.2 Å². The van der Waals surface area contributed by atoms with Crippen molar-refractivity contribution in [3.8, 4) is 0 Å². The van der Waals surface area contributed by atoms with Crippen molar-refractivity contribution < 1.29 is 13.9 Å². The lowest BCUT2D eigenvalue weighted by molar-refractivity contribution is 0.0468. The largest absolute Gasteiger partial charge is 0.456 e. The van der Waals surface area contributed by atoms with Gasteiger partial charge in [-0.05, 0) is 16.8 Å². The quantitative estimate of drug-likeness (QED) is 0.227. The van der Waals surface area contributed by atoms with Crippen LogP contribution < -0.4 is 10.9 Å². The molecule has 140 valence electrons. The molecule has 1 N–H and O–H groups in total. The molecule has 6 nitrogen and oxygen atoms in total. The summed E-state index contributed by atoms with van der Waals surface area (Å²) in [6.45, 7) is 4.13. The van der Waals surface area contributed by atoms with Crippen LogP contribution in [0.1, 0.15) is 16.1 Å². The van der Waals surface area contributed by atoms with Crippen LogP contribution >= 0.6 is 11.3 Å². The summed E-state index contributed by atoms with van der Waals surface area (Å²) in [7, 11) is 0. The summed E-state index contributed by atoms with van der Waals surface area (Å²) in [5.74, 6) is -0.551. The van der Waals surface area contributed by atoms with E-state index in [0.29, 0.717) is 22.8 Å². The van der Waals surface area contributed by atoms with Crippen molar-refractivity contribution in [2.45, 2.75) is 6.61 Å². The number of fused-ring (bicyclic) bond motifs is 3. The van der Waals surface area contributed by atoms with Gasteiger partial charge < -0.3 is 14.5 Å². The van der Waals surface area contributed by atoms with E-state index in [-0.39, 0.29) is 12.3 Å². The smallest absolute Gasteiger partial charge is 0.358 e. The molecule has 2 heterocycles. The third-order valence-corrected chi connectivity index (χ3v) is 4.98. The lowest BCUT2D eigenvalue weighted by Crippen LogP contribution is -2.09. The topological polar surface area (TPSA) is 81.4 Å². The second-order valence-electron chi connectivity index (χ2n) is 6.03. The molecule has 0 atom stereocenters. The molecule has 0 spiro atoms. The average molecular weight is 392 g/mol. The molecule has 0 unspecified atom stereocenters. The number of carbonyl (C=O) groups is 1. The molecule has 0 radical (unpaired) electrons. The maximum Gasteiger partial charge on any atom is 0.358 e. The first-order valence-corrected chi connectivity index (χ1v) is 9.45. The lowest BCUT2D eigenvalue weighted by atomic mass is 10.0. The maximum atomic E-state index is 12.4. The van der Waals surface area contributed by atoms with Gasteiger partial charge in [0.05, 0.1) is 0 Å². The summed E-state index contributed by atoms with van der Waals surface area (Å²) >= 11 is 1.31. The molecule has 7 heteroatoms. The number of benzene rings is 2. The Labute approximate surface area is 164 Å². The van der Waals surface area contributed by atoms with Gasteiger partial charge >= 0.3 is 11.6 Å². The number of rotatable bonds is 6. The van der Waals surface area contributed by atoms with Gasteiger partial charge in [-0.2, -0.15) is 0 Å². The molecule has 0 fully saturated rings. The molecule has 28 heavy (non-hydrogen) atoms. The summed E-state index contributed by atoms with van der Waals surface area (Å²) in [6.07, 6.45) is 1.70. The Hall–Kier alpha value is -3.45. The summed E-state index contributed by atoms with van der Waals surface area (Å²) < 4.78 is 10.7. The van der Waals surface area contributed by atoms with Gasteiger partial charge in [-0.1, -0.05) is 36.4 Å². The highest BCUT2D eigenvalue weighted by molar-refractivity contribution is 7.13. The molecule has 0 aliphatic rings. The number of aromatic nitrogens is 1. The Kier molecular flexibility index (Phi) is 4.90. The Bertz CT molecular complexity index is 1240. The van der Waals surface area contributed by atoms with E-state index in [4.69, 9.17) is 9.15 Å². The van der Waals surface area contributed by atoms with Gasteiger partial charge in [0.25, 0.3) is 0 Å². The fraction of sp³-hybridized carbons (Fsp3) is 0.0952. The molecular weight excluding hydrogens is 376 g/mol. The van der Waals surface area contributed by atoms with Crippen LogP contribution in [-0.2, 0) is 11.3 Å². The second-order valence-corrected chi connectivity index (χ2v) is 6.89. The van der Waals surface area contributed by atoms with E-state index in [2.05, 4.69) is 16.9 Å². The first kappa shape index (κ1) is 17.9. The van der Waals surface area contributed by atoms with Crippen LogP contribution in [0.25, 0.3) is 21.7 Å². The Balaban J connectivity index is 1.63. The molecule has 4 aromatic rings. The van der Waals surface area contributed by atoms with E-state index < -0.39 is 11.6 Å². The van der Waals surface area contributed by atoms with Crippen molar-refractivity contribution in [2.75, 3.05) is 11.9 Å². The molecule has 2 aromatic carbocycles. The van der Waals surface area contributed by atoms with E-state index in [1.165, 1.54) is 17.4 Å². The number of nitrogens with one attached hydrogen (secondary N) is 1. The molecular formula is C21H16N2O4S. The Morgan fingerprint density at radius 2 is 2.14 bits per heavy atom. The summed E-state index contributed by atoms with van der Waals surface area (Å²) in [5, 5.41) is 7.96. The third-order valence-electron chi connectivity index (χ3n) is 4.18. The maximum absolute atomic E-state index is 12.4. The van der Waals surface area contributed by atoms with Gasteiger partial charge in [0.1, 0.15) is 12.2 Å².